The molecule has 1 heterocycles. The van der Waals surface area contributed by atoms with E-state index in [2.05, 4.69) is 16.4 Å². The first-order valence-electron chi connectivity index (χ1n) is 8.84. The molecule has 0 aliphatic heterocycles. The third kappa shape index (κ3) is 5.33. The van der Waals surface area contributed by atoms with E-state index in [9.17, 15) is 14.9 Å². The fourth-order valence-electron chi connectivity index (χ4n) is 2.53. The zero-order chi connectivity index (χ0) is 20.8. The molecule has 0 aliphatic rings. The van der Waals surface area contributed by atoms with Gasteiger partial charge in [0.05, 0.1) is 17.9 Å². The standard InChI is InChI=1S/C21H24N4O2S/c1-13-6-8-17(9-7-13)24-19(26)11-25(5)20(27)12-28-21-18(10-22)15(3)14(2)16(4)23-21/h6-9H,11-12H2,1-5H3,(H,24,26). The van der Waals surface area contributed by atoms with Crippen molar-refractivity contribution in [3.05, 3.63) is 52.2 Å². The normalized spacial score (nSPS) is 10.3. The van der Waals surface area contributed by atoms with Crippen molar-refractivity contribution in [2.45, 2.75) is 32.7 Å². The molecule has 0 unspecified atom stereocenters. The van der Waals surface area contributed by atoms with Crippen molar-refractivity contribution in [1.82, 2.24) is 9.88 Å². The number of benzene rings is 1. The van der Waals surface area contributed by atoms with Crippen LogP contribution in [-0.2, 0) is 9.59 Å². The minimum absolute atomic E-state index is 0.0439. The summed E-state index contributed by atoms with van der Waals surface area (Å²) >= 11 is 1.22. The molecule has 0 spiro atoms. The van der Waals surface area contributed by atoms with Gasteiger partial charge in [-0.2, -0.15) is 5.26 Å². The van der Waals surface area contributed by atoms with E-state index in [1.807, 2.05) is 52.0 Å². The molecule has 0 saturated carbocycles. The van der Waals surface area contributed by atoms with Gasteiger partial charge in [0.1, 0.15) is 11.1 Å². The molecule has 0 atom stereocenters. The fourth-order valence-corrected chi connectivity index (χ4v) is 3.55. The molecule has 28 heavy (non-hydrogen) atoms. The van der Waals surface area contributed by atoms with Crippen LogP contribution < -0.4 is 5.32 Å². The average Bonchev–Trinajstić information content (AvgIpc) is 2.66. The highest BCUT2D eigenvalue weighted by Crippen LogP contribution is 2.26. The maximum atomic E-state index is 12.4. The number of aryl methyl sites for hydroxylation is 2. The van der Waals surface area contributed by atoms with E-state index >= 15 is 0 Å². The lowest BCUT2D eigenvalue weighted by Gasteiger charge is -2.17. The van der Waals surface area contributed by atoms with Crippen LogP contribution in [0.2, 0.25) is 0 Å². The number of rotatable bonds is 6. The Morgan fingerprint density at radius 1 is 1.14 bits per heavy atom. The lowest BCUT2D eigenvalue weighted by Crippen LogP contribution is -2.36. The largest absolute Gasteiger partial charge is 0.336 e. The van der Waals surface area contributed by atoms with Crippen LogP contribution in [0.5, 0.6) is 0 Å². The summed E-state index contributed by atoms with van der Waals surface area (Å²) in [6.07, 6.45) is 0. The Kier molecular flexibility index (Phi) is 7.18. The molecule has 7 heteroatoms. The van der Waals surface area contributed by atoms with Crippen molar-refractivity contribution in [2.75, 3.05) is 24.7 Å². The quantitative estimate of drug-likeness (QED) is 0.757. The second-order valence-corrected chi connectivity index (χ2v) is 7.66. The van der Waals surface area contributed by atoms with Gasteiger partial charge >= 0.3 is 0 Å². The fraction of sp³-hybridized carbons (Fsp3) is 0.333. The summed E-state index contributed by atoms with van der Waals surface area (Å²) in [6, 6.07) is 9.64. The number of hydrogen-bond donors (Lipinski definition) is 1. The van der Waals surface area contributed by atoms with Crippen LogP contribution >= 0.6 is 11.8 Å². The summed E-state index contributed by atoms with van der Waals surface area (Å²) in [4.78, 5) is 30.4. The van der Waals surface area contributed by atoms with Gasteiger partial charge in [-0.1, -0.05) is 29.5 Å². The first kappa shape index (κ1) is 21.5. The van der Waals surface area contributed by atoms with E-state index in [1.54, 1.807) is 7.05 Å². The molecule has 0 aliphatic carbocycles. The first-order chi connectivity index (χ1) is 13.2. The number of nitrogens with one attached hydrogen (secondary N) is 1. The average molecular weight is 397 g/mol. The Labute approximate surface area is 170 Å². The van der Waals surface area contributed by atoms with Crippen molar-refractivity contribution in [2.24, 2.45) is 0 Å². The van der Waals surface area contributed by atoms with Gasteiger partial charge in [-0.25, -0.2) is 4.98 Å². The topological polar surface area (TPSA) is 86.1 Å². The Morgan fingerprint density at radius 2 is 1.79 bits per heavy atom. The zero-order valence-electron chi connectivity index (χ0n) is 16.8. The SMILES string of the molecule is Cc1ccc(NC(=O)CN(C)C(=O)CSc2nc(C)c(C)c(C)c2C#N)cc1. The number of carbonyl (C=O) groups excluding carboxylic acids is 2. The number of pyridine rings is 1. The Balaban J connectivity index is 1.95. The van der Waals surface area contributed by atoms with Crippen LogP contribution in [0.1, 0.15) is 27.9 Å². The third-order valence-electron chi connectivity index (χ3n) is 4.55. The van der Waals surface area contributed by atoms with Gasteiger partial charge in [-0.05, 0) is 51.0 Å². The summed E-state index contributed by atoms with van der Waals surface area (Å²) in [5.41, 5.74) is 5.01. The number of likely N-dealkylation sites (N-methyl/N-ethyl adjacent to an activating group) is 1. The number of nitriles is 1. The molecule has 0 radical (unpaired) electrons. The van der Waals surface area contributed by atoms with Crippen LogP contribution in [0, 0.1) is 39.0 Å². The minimum Gasteiger partial charge on any atom is -0.336 e. The molecule has 1 N–H and O–H groups in total. The first-order valence-corrected chi connectivity index (χ1v) is 9.82. The predicted molar refractivity (Wildman–Crippen MR) is 111 cm³/mol. The van der Waals surface area contributed by atoms with Gasteiger partial charge in [-0.3, -0.25) is 9.59 Å². The lowest BCUT2D eigenvalue weighted by atomic mass is 10.1. The van der Waals surface area contributed by atoms with Crippen LogP contribution in [0.25, 0.3) is 0 Å². The van der Waals surface area contributed by atoms with Crippen molar-refractivity contribution >= 4 is 29.3 Å². The van der Waals surface area contributed by atoms with Gasteiger partial charge < -0.3 is 10.2 Å². The molecule has 6 nitrogen and oxygen atoms in total. The molecular weight excluding hydrogens is 372 g/mol. The van der Waals surface area contributed by atoms with E-state index in [4.69, 9.17) is 0 Å². The van der Waals surface area contributed by atoms with Crippen LogP contribution in [0.4, 0.5) is 5.69 Å². The highest BCUT2D eigenvalue weighted by molar-refractivity contribution is 8.00. The smallest absolute Gasteiger partial charge is 0.243 e. The summed E-state index contributed by atoms with van der Waals surface area (Å²) in [6.45, 7) is 7.63. The highest BCUT2D eigenvalue weighted by atomic mass is 32.2. The Bertz CT molecular complexity index is 933. The van der Waals surface area contributed by atoms with Gasteiger partial charge in [0.15, 0.2) is 0 Å². The van der Waals surface area contributed by atoms with Crippen LogP contribution in [0.3, 0.4) is 0 Å². The summed E-state index contributed by atoms with van der Waals surface area (Å²) in [5, 5.41) is 12.7. The number of carbonyl (C=O) groups is 2. The van der Waals surface area contributed by atoms with Crippen molar-refractivity contribution in [3.63, 3.8) is 0 Å². The minimum atomic E-state index is -0.262. The second kappa shape index (κ2) is 9.38. The van der Waals surface area contributed by atoms with E-state index in [-0.39, 0.29) is 24.1 Å². The van der Waals surface area contributed by atoms with Crippen molar-refractivity contribution < 1.29 is 9.59 Å². The molecular formula is C21H24N4O2S. The van der Waals surface area contributed by atoms with Crippen molar-refractivity contribution in [1.29, 1.82) is 5.26 Å². The predicted octanol–water partition coefficient (Wildman–Crippen LogP) is 3.38. The molecule has 0 bridgehead atoms. The summed E-state index contributed by atoms with van der Waals surface area (Å²) in [7, 11) is 1.59. The zero-order valence-corrected chi connectivity index (χ0v) is 17.6. The van der Waals surface area contributed by atoms with Gasteiger partial charge in [-0.15, -0.1) is 0 Å². The number of aromatic nitrogens is 1. The molecule has 2 rings (SSSR count). The monoisotopic (exact) mass is 396 g/mol. The number of nitrogens with zero attached hydrogens (tertiary/aromatic N) is 3. The Hall–Kier alpha value is -2.85. The number of thioether (sulfide) groups is 1. The molecule has 2 aromatic rings. The lowest BCUT2D eigenvalue weighted by molar-refractivity contribution is -0.131. The number of anilines is 1. The molecule has 2 amide bonds. The van der Waals surface area contributed by atoms with Crippen LogP contribution in [-0.4, -0.2) is 41.0 Å². The van der Waals surface area contributed by atoms with Crippen LogP contribution in [0.15, 0.2) is 29.3 Å². The maximum Gasteiger partial charge on any atom is 0.243 e. The second-order valence-electron chi connectivity index (χ2n) is 6.69. The van der Waals surface area contributed by atoms with E-state index in [1.165, 1.54) is 16.7 Å². The Morgan fingerprint density at radius 3 is 2.39 bits per heavy atom. The summed E-state index contributed by atoms with van der Waals surface area (Å²) < 4.78 is 0. The molecule has 1 aromatic heterocycles. The molecule has 0 fully saturated rings. The third-order valence-corrected chi connectivity index (χ3v) is 5.51. The van der Waals surface area contributed by atoms with E-state index < -0.39 is 0 Å². The van der Waals surface area contributed by atoms with Gasteiger partial charge in [0, 0.05) is 18.4 Å². The van der Waals surface area contributed by atoms with Gasteiger partial charge in [0.25, 0.3) is 0 Å². The van der Waals surface area contributed by atoms with Gasteiger partial charge in [0.2, 0.25) is 11.8 Å². The van der Waals surface area contributed by atoms with Crippen molar-refractivity contribution in [3.8, 4) is 6.07 Å². The van der Waals surface area contributed by atoms with E-state index in [0.717, 1.165) is 22.4 Å². The highest BCUT2D eigenvalue weighted by Gasteiger charge is 2.17. The maximum absolute atomic E-state index is 12.4. The molecule has 146 valence electrons. The van der Waals surface area contributed by atoms with E-state index in [0.29, 0.717) is 16.3 Å². The number of amides is 2. The number of hydrogen-bond acceptors (Lipinski definition) is 5. The molecule has 0 saturated heterocycles. The molecule has 1 aromatic carbocycles. The summed E-state index contributed by atoms with van der Waals surface area (Å²) in [5.74, 6) is -0.356.